The second-order valence-electron chi connectivity index (χ2n) is 8.21. The van der Waals surface area contributed by atoms with Crippen LogP contribution in [0, 0.1) is 0 Å². The average molecular weight is 391 g/mol. The zero-order valence-corrected chi connectivity index (χ0v) is 17.5. The molecule has 0 bridgehead atoms. The van der Waals surface area contributed by atoms with Gasteiger partial charge in [0.2, 0.25) is 0 Å². The summed E-state index contributed by atoms with van der Waals surface area (Å²) < 4.78 is 7.37. The zero-order valence-electron chi connectivity index (χ0n) is 17.5. The molecule has 0 fully saturated rings. The molecular formula is C25H30N2O2. The number of ether oxygens (including phenoxy) is 1. The van der Waals surface area contributed by atoms with Crippen molar-refractivity contribution >= 4 is 16.9 Å². The number of aromatic nitrogens is 1. The molecule has 1 aliphatic carbocycles. The number of fused-ring (bicyclic) bond motifs is 3. The summed E-state index contributed by atoms with van der Waals surface area (Å²) in [5, 5.41) is 1.15. The van der Waals surface area contributed by atoms with E-state index in [0.29, 0.717) is 5.69 Å². The summed E-state index contributed by atoms with van der Waals surface area (Å²) in [5.41, 5.74) is 11.9. The van der Waals surface area contributed by atoms with Gasteiger partial charge < -0.3 is 15.0 Å². The predicted molar refractivity (Wildman–Crippen MR) is 117 cm³/mol. The van der Waals surface area contributed by atoms with Crippen LogP contribution in [0.4, 0.5) is 0 Å². The Labute approximate surface area is 172 Å². The smallest absolute Gasteiger partial charge is 0.354 e. The number of nitrogens with zero attached hydrogens (tertiary/aromatic N) is 1. The van der Waals surface area contributed by atoms with E-state index in [2.05, 4.69) is 54.8 Å². The summed E-state index contributed by atoms with van der Waals surface area (Å²) in [6, 6.07) is 17.3. The van der Waals surface area contributed by atoms with E-state index < -0.39 is 0 Å². The Bertz CT molecular complexity index is 1020. The van der Waals surface area contributed by atoms with Gasteiger partial charge in [0.1, 0.15) is 5.69 Å². The molecule has 2 N–H and O–H groups in total. The molecule has 0 saturated heterocycles. The molecule has 1 aliphatic rings. The highest BCUT2D eigenvalue weighted by Crippen LogP contribution is 2.38. The largest absolute Gasteiger partial charge is 0.464 e. The first-order valence-corrected chi connectivity index (χ1v) is 10.6. The Morgan fingerprint density at radius 1 is 1.24 bits per heavy atom. The van der Waals surface area contributed by atoms with Crippen LogP contribution in [-0.2, 0) is 17.6 Å². The number of hydrogen-bond donors (Lipinski definition) is 1. The topological polar surface area (TPSA) is 57.2 Å². The maximum absolute atomic E-state index is 12.7. The van der Waals surface area contributed by atoms with Crippen LogP contribution >= 0.6 is 0 Å². The Morgan fingerprint density at radius 2 is 2.00 bits per heavy atom. The first kappa shape index (κ1) is 19.7. The van der Waals surface area contributed by atoms with Crippen LogP contribution in [0.1, 0.15) is 65.8 Å². The molecule has 0 aliphatic heterocycles. The van der Waals surface area contributed by atoms with Crippen molar-refractivity contribution in [2.45, 2.75) is 57.5 Å². The average Bonchev–Trinajstić information content (AvgIpc) is 3.14. The SMILES string of the molecule is CCC([C@@H](C)c1ccccc1)n1c(C(=O)OC)cc2c3c(ccc21)CCC(N)C3. The third-order valence-electron chi connectivity index (χ3n) is 6.53. The zero-order chi connectivity index (χ0) is 20.5. The van der Waals surface area contributed by atoms with E-state index in [1.807, 2.05) is 12.1 Å². The first-order chi connectivity index (χ1) is 14.0. The van der Waals surface area contributed by atoms with Gasteiger partial charge in [-0.2, -0.15) is 0 Å². The van der Waals surface area contributed by atoms with E-state index in [0.717, 1.165) is 36.6 Å². The highest BCUT2D eigenvalue weighted by molar-refractivity contribution is 5.97. The molecular weight excluding hydrogens is 360 g/mol. The lowest BCUT2D eigenvalue weighted by atomic mass is 9.86. The number of aryl methyl sites for hydroxylation is 1. The van der Waals surface area contributed by atoms with E-state index in [4.69, 9.17) is 10.5 Å². The fraction of sp³-hybridized carbons (Fsp3) is 0.400. The quantitative estimate of drug-likeness (QED) is 0.624. The van der Waals surface area contributed by atoms with E-state index in [-0.39, 0.29) is 24.0 Å². The van der Waals surface area contributed by atoms with Gasteiger partial charge >= 0.3 is 5.97 Å². The minimum absolute atomic E-state index is 0.152. The van der Waals surface area contributed by atoms with E-state index in [9.17, 15) is 4.79 Å². The van der Waals surface area contributed by atoms with Gasteiger partial charge in [-0.15, -0.1) is 0 Å². The van der Waals surface area contributed by atoms with Crippen LogP contribution in [0.3, 0.4) is 0 Å². The molecule has 29 heavy (non-hydrogen) atoms. The van der Waals surface area contributed by atoms with Crippen molar-refractivity contribution in [3.63, 3.8) is 0 Å². The Morgan fingerprint density at radius 3 is 2.69 bits per heavy atom. The molecule has 2 aromatic carbocycles. The highest BCUT2D eigenvalue weighted by atomic mass is 16.5. The van der Waals surface area contributed by atoms with Gasteiger partial charge in [0, 0.05) is 28.9 Å². The third-order valence-corrected chi connectivity index (χ3v) is 6.53. The summed E-state index contributed by atoms with van der Waals surface area (Å²) in [6.45, 7) is 4.43. The van der Waals surface area contributed by atoms with Gasteiger partial charge in [-0.1, -0.05) is 50.2 Å². The van der Waals surface area contributed by atoms with Gasteiger partial charge in [-0.25, -0.2) is 4.79 Å². The summed E-state index contributed by atoms with van der Waals surface area (Å²) >= 11 is 0. The summed E-state index contributed by atoms with van der Waals surface area (Å²) in [7, 11) is 1.46. The molecule has 1 aromatic heterocycles. The van der Waals surface area contributed by atoms with Gasteiger partial charge in [0.05, 0.1) is 7.11 Å². The monoisotopic (exact) mass is 390 g/mol. The van der Waals surface area contributed by atoms with Crippen molar-refractivity contribution in [1.29, 1.82) is 0 Å². The number of carbonyl (C=O) groups excluding carboxylic acids is 1. The van der Waals surface area contributed by atoms with Crippen LogP contribution in [0.2, 0.25) is 0 Å². The molecule has 4 nitrogen and oxygen atoms in total. The van der Waals surface area contributed by atoms with Gasteiger partial charge in [-0.05, 0) is 54.5 Å². The summed E-state index contributed by atoms with van der Waals surface area (Å²) in [6.07, 6.45) is 3.80. The fourth-order valence-electron chi connectivity index (χ4n) is 4.94. The van der Waals surface area contributed by atoms with Crippen LogP contribution in [0.15, 0.2) is 48.5 Å². The number of methoxy groups -OCH3 is 1. The Balaban J connectivity index is 1.91. The Hall–Kier alpha value is -2.59. The number of nitrogens with two attached hydrogens (primary N) is 1. The van der Waals surface area contributed by atoms with Crippen molar-refractivity contribution in [1.82, 2.24) is 4.57 Å². The maximum Gasteiger partial charge on any atom is 0.354 e. The minimum atomic E-state index is -0.284. The van der Waals surface area contributed by atoms with Crippen molar-refractivity contribution in [2.75, 3.05) is 7.11 Å². The lowest BCUT2D eigenvalue weighted by Crippen LogP contribution is -2.28. The van der Waals surface area contributed by atoms with E-state index in [1.54, 1.807) is 0 Å². The fourth-order valence-corrected chi connectivity index (χ4v) is 4.94. The van der Waals surface area contributed by atoms with E-state index in [1.165, 1.54) is 23.8 Å². The van der Waals surface area contributed by atoms with Crippen LogP contribution in [0.5, 0.6) is 0 Å². The molecule has 1 heterocycles. The third kappa shape index (κ3) is 3.46. The predicted octanol–water partition coefficient (Wildman–Crippen LogP) is 5.00. The van der Waals surface area contributed by atoms with Crippen LogP contribution in [-0.4, -0.2) is 23.7 Å². The molecule has 0 amide bonds. The molecule has 0 saturated carbocycles. The molecule has 3 aromatic rings. The summed E-state index contributed by atoms with van der Waals surface area (Å²) in [4.78, 5) is 12.7. The second-order valence-corrected chi connectivity index (χ2v) is 8.21. The van der Waals surface area contributed by atoms with Crippen molar-refractivity contribution in [3.05, 3.63) is 70.9 Å². The molecule has 0 spiro atoms. The normalized spacial score (nSPS) is 18.3. The molecule has 3 atom stereocenters. The van der Waals surface area contributed by atoms with Gasteiger partial charge in [-0.3, -0.25) is 0 Å². The molecule has 4 rings (SSSR count). The van der Waals surface area contributed by atoms with Crippen molar-refractivity contribution in [2.24, 2.45) is 5.73 Å². The van der Waals surface area contributed by atoms with Crippen molar-refractivity contribution in [3.8, 4) is 0 Å². The maximum atomic E-state index is 12.7. The van der Waals surface area contributed by atoms with E-state index >= 15 is 0 Å². The summed E-state index contributed by atoms with van der Waals surface area (Å²) in [5.74, 6) is -0.0211. The number of rotatable bonds is 5. The van der Waals surface area contributed by atoms with Crippen LogP contribution in [0.25, 0.3) is 10.9 Å². The van der Waals surface area contributed by atoms with Crippen LogP contribution < -0.4 is 5.73 Å². The lowest BCUT2D eigenvalue weighted by Gasteiger charge is -2.28. The lowest BCUT2D eigenvalue weighted by molar-refractivity contribution is 0.0585. The van der Waals surface area contributed by atoms with Gasteiger partial charge in [0.15, 0.2) is 0 Å². The highest BCUT2D eigenvalue weighted by Gasteiger charge is 2.28. The molecule has 4 heteroatoms. The first-order valence-electron chi connectivity index (χ1n) is 10.6. The molecule has 0 radical (unpaired) electrons. The standard InChI is InChI=1S/C25H30N2O2/c1-4-22(16(2)17-8-6-5-7-9-17)27-23-13-11-18-10-12-19(26)14-20(18)21(23)15-24(27)25(28)29-3/h5-9,11,13,15-16,19,22H,4,10,12,14,26H2,1-3H3/t16-,19?,22?/m0/s1. The number of hydrogen-bond acceptors (Lipinski definition) is 3. The van der Waals surface area contributed by atoms with Crippen molar-refractivity contribution < 1.29 is 9.53 Å². The molecule has 152 valence electrons. The number of carbonyl (C=O) groups is 1. The minimum Gasteiger partial charge on any atom is -0.464 e. The molecule has 2 unspecified atom stereocenters. The van der Waals surface area contributed by atoms with Gasteiger partial charge in [0.25, 0.3) is 0 Å². The Kier molecular flexibility index (Phi) is 5.46. The number of esters is 1. The second kappa shape index (κ2) is 8.03. The number of benzene rings is 2.